The number of phenols is 1. The van der Waals surface area contributed by atoms with Crippen molar-refractivity contribution in [2.45, 2.75) is 24.7 Å². The highest BCUT2D eigenvalue weighted by molar-refractivity contribution is 7.99. The number of benzene rings is 2. The summed E-state index contributed by atoms with van der Waals surface area (Å²) in [5.41, 5.74) is 3.17. The fourth-order valence-electron chi connectivity index (χ4n) is 2.74. The van der Waals surface area contributed by atoms with E-state index >= 15 is 0 Å². The molecule has 0 bridgehead atoms. The van der Waals surface area contributed by atoms with E-state index in [1.807, 2.05) is 30.3 Å². The van der Waals surface area contributed by atoms with E-state index in [4.69, 9.17) is 4.74 Å². The Morgan fingerprint density at radius 1 is 1.15 bits per heavy atom. The van der Waals surface area contributed by atoms with Gasteiger partial charge in [0, 0.05) is 22.6 Å². The number of fused-ring (bicyclic) bond motifs is 3. The summed E-state index contributed by atoms with van der Waals surface area (Å²) >= 11 is 1.56. The Hall–Kier alpha value is -2.80. The predicted molar refractivity (Wildman–Crippen MR) is 101 cm³/mol. The number of rotatable bonds is 4. The highest BCUT2D eigenvalue weighted by Crippen LogP contribution is 2.39. The lowest BCUT2D eigenvalue weighted by Crippen LogP contribution is -2.17. The molecule has 0 spiro atoms. The Bertz CT molecular complexity index is 935. The molecule has 26 heavy (non-hydrogen) atoms. The third-order valence-corrected chi connectivity index (χ3v) is 4.99. The van der Waals surface area contributed by atoms with Crippen molar-refractivity contribution >= 4 is 17.4 Å². The van der Waals surface area contributed by atoms with Crippen LogP contribution in [0.3, 0.4) is 0 Å². The van der Waals surface area contributed by atoms with E-state index in [1.54, 1.807) is 30.0 Å². The van der Waals surface area contributed by atoms with E-state index in [0.717, 1.165) is 29.0 Å². The van der Waals surface area contributed by atoms with E-state index in [1.165, 1.54) is 0 Å². The van der Waals surface area contributed by atoms with Crippen LogP contribution in [-0.2, 0) is 0 Å². The largest absolute Gasteiger partial charge is 0.508 e. The predicted octanol–water partition coefficient (Wildman–Crippen LogP) is 4.25. The van der Waals surface area contributed by atoms with Gasteiger partial charge in [0.15, 0.2) is 11.9 Å². The minimum Gasteiger partial charge on any atom is -0.508 e. The van der Waals surface area contributed by atoms with Crippen LogP contribution in [0.25, 0.3) is 11.3 Å². The fraction of sp³-hybridized carbons (Fsp3) is 0.211. The summed E-state index contributed by atoms with van der Waals surface area (Å²) in [5.74, 6) is 1.54. The number of nitrogens with one attached hydrogen (secondary N) is 1. The Morgan fingerprint density at radius 3 is 2.88 bits per heavy atom. The van der Waals surface area contributed by atoms with Crippen LogP contribution < -0.4 is 10.1 Å². The van der Waals surface area contributed by atoms with Gasteiger partial charge >= 0.3 is 0 Å². The van der Waals surface area contributed by atoms with Gasteiger partial charge in [-0.1, -0.05) is 49.0 Å². The lowest BCUT2D eigenvalue weighted by molar-refractivity contribution is 0.225. The van der Waals surface area contributed by atoms with Gasteiger partial charge < -0.3 is 15.2 Å². The van der Waals surface area contributed by atoms with Gasteiger partial charge in [-0.05, 0) is 24.6 Å². The van der Waals surface area contributed by atoms with Gasteiger partial charge in [-0.25, -0.2) is 0 Å². The summed E-state index contributed by atoms with van der Waals surface area (Å²) in [6.45, 7) is 2.11. The van der Waals surface area contributed by atoms with E-state index in [0.29, 0.717) is 16.7 Å². The Kier molecular flexibility index (Phi) is 4.62. The van der Waals surface area contributed by atoms with Gasteiger partial charge in [-0.3, -0.25) is 0 Å². The maximum atomic E-state index is 9.82. The van der Waals surface area contributed by atoms with Crippen molar-refractivity contribution in [3.05, 3.63) is 54.1 Å². The van der Waals surface area contributed by atoms with Crippen molar-refractivity contribution in [2.24, 2.45) is 0 Å². The molecule has 0 fully saturated rings. The maximum absolute atomic E-state index is 9.82. The Morgan fingerprint density at radius 2 is 2.04 bits per heavy atom. The van der Waals surface area contributed by atoms with Crippen LogP contribution in [0.15, 0.2) is 53.7 Å². The minimum absolute atomic E-state index is 0.186. The number of hydrogen-bond donors (Lipinski definition) is 2. The number of aromatic hydroxyl groups is 1. The fourth-order valence-corrected chi connectivity index (χ4v) is 3.37. The molecule has 6 nitrogen and oxygen atoms in total. The molecule has 2 N–H and O–H groups in total. The number of hydrogen-bond acceptors (Lipinski definition) is 7. The SMILES string of the molecule is CCCSc1nnc2c(n1)O[C@@H](c1cccc(O)c1)Nc1ccccc1-2. The van der Waals surface area contributed by atoms with Crippen LogP contribution in [0.4, 0.5) is 5.69 Å². The monoisotopic (exact) mass is 366 g/mol. The van der Waals surface area contributed by atoms with Gasteiger partial charge in [0.05, 0.1) is 0 Å². The third kappa shape index (κ3) is 3.30. The van der Waals surface area contributed by atoms with Crippen molar-refractivity contribution in [3.63, 3.8) is 0 Å². The highest BCUT2D eigenvalue weighted by atomic mass is 32.2. The first-order chi connectivity index (χ1) is 12.7. The number of thioether (sulfide) groups is 1. The summed E-state index contributed by atoms with van der Waals surface area (Å²) in [5, 5.41) is 22.4. The average Bonchev–Trinajstić information content (AvgIpc) is 2.83. The third-order valence-electron chi connectivity index (χ3n) is 3.94. The van der Waals surface area contributed by atoms with Crippen molar-refractivity contribution in [1.82, 2.24) is 15.2 Å². The second-order valence-corrected chi connectivity index (χ2v) is 6.94. The quantitative estimate of drug-likeness (QED) is 0.668. The molecule has 2 aromatic carbocycles. The maximum Gasteiger partial charge on any atom is 0.247 e. The van der Waals surface area contributed by atoms with Crippen LogP contribution in [-0.4, -0.2) is 26.0 Å². The summed E-state index contributed by atoms with van der Waals surface area (Å²) in [7, 11) is 0. The lowest BCUT2D eigenvalue weighted by Gasteiger charge is -2.19. The van der Waals surface area contributed by atoms with Crippen LogP contribution >= 0.6 is 11.8 Å². The Balaban J connectivity index is 1.79. The van der Waals surface area contributed by atoms with E-state index < -0.39 is 6.23 Å². The first-order valence-corrected chi connectivity index (χ1v) is 9.42. The second-order valence-electron chi connectivity index (χ2n) is 5.88. The normalized spacial score (nSPS) is 15.2. The molecule has 4 rings (SSSR count). The highest BCUT2D eigenvalue weighted by Gasteiger charge is 2.26. The zero-order valence-corrected chi connectivity index (χ0v) is 15.0. The van der Waals surface area contributed by atoms with Crippen LogP contribution in [0.2, 0.25) is 0 Å². The molecule has 1 atom stereocenters. The average molecular weight is 366 g/mol. The molecule has 0 aliphatic carbocycles. The molecule has 7 heteroatoms. The molecule has 0 saturated carbocycles. The molecule has 3 aromatic rings. The van der Waals surface area contributed by atoms with Crippen LogP contribution in [0, 0.1) is 0 Å². The zero-order chi connectivity index (χ0) is 17.9. The summed E-state index contributed by atoms with van der Waals surface area (Å²) in [6, 6.07) is 14.8. The van der Waals surface area contributed by atoms with E-state index in [9.17, 15) is 5.11 Å². The molecular weight excluding hydrogens is 348 g/mol. The van der Waals surface area contributed by atoms with Gasteiger partial charge in [0.2, 0.25) is 11.0 Å². The molecule has 2 heterocycles. The summed E-state index contributed by atoms with van der Waals surface area (Å²) in [6.07, 6.45) is 0.535. The van der Waals surface area contributed by atoms with Crippen molar-refractivity contribution in [2.75, 3.05) is 11.1 Å². The number of ether oxygens (including phenoxy) is 1. The molecule has 0 saturated heterocycles. The lowest BCUT2D eigenvalue weighted by atomic mass is 10.1. The summed E-state index contributed by atoms with van der Waals surface area (Å²) < 4.78 is 6.15. The van der Waals surface area contributed by atoms with Gasteiger partial charge in [0.25, 0.3) is 0 Å². The topological polar surface area (TPSA) is 80.2 Å². The van der Waals surface area contributed by atoms with Gasteiger partial charge in [0.1, 0.15) is 5.75 Å². The molecule has 1 aliphatic heterocycles. The molecule has 1 aliphatic rings. The molecule has 0 radical (unpaired) electrons. The van der Waals surface area contributed by atoms with Gasteiger partial charge in [-0.2, -0.15) is 4.98 Å². The Labute approximate surface area is 155 Å². The minimum atomic E-state index is -0.495. The molecule has 0 unspecified atom stereocenters. The number of para-hydroxylation sites is 1. The van der Waals surface area contributed by atoms with Crippen LogP contribution in [0.5, 0.6) is 11.6 Å². The first kappa shape index (κ1) is 16.7. The summed E-state index contributed by atoms with van der Waals surface area (Å²) in [4.78, 5) is 4.57. The number of anilines is 1. The van der Waals surface area contributed by atoms with E-state index in [2.05, 4.69) is 27.4 Å². The van der Waals surface area contributed by atoms with Crippen LogP contribution in [0.1, 0.15) is 25.1 Å². The standard InChI is InChI=1S/C19H18N4O2S/c1-2-10-26-19-21-18-16(22-23-19)14-8-3-4-9-15(14)20-17(25-18)12-6-5-7-13(24)11-12/h3-9,11,17,20,24H,2,10H2,1H3/t17-/m0/s1. The second kappa shape index (κ2) is 7.21. The molecule has 1 aromatic heterocycles. The van der Waals surface area contributed by atoms with E-state index in [-0.39, 0.29) is 5.75 Å². The number of aromatic nitrogens is 3. The number of nitrogens with zero attached hydrogens (tertiary/aromatic N) is 3. The van der Waals surface area contributed by atoms with Crippen molar-refractivity contribution in [1.29, 1.82) is 0 Å². The first-order valence-electron chi connectivity index (χ1n) is 8.43. The zero-order valence-electron chi connectivity index (χ0n) is 14.2. The molecule has 132 valence electrons. The molecular formula is C19H18N4O2S. The number of phenolic OH excluding ortho intramolecular Hbond substituents is 1. The molecule has 0 amide bonds. The van der Waals surface area contributed by atoms with Gasteiger partial charge in [-0.15, -0.1) is 10.2 Å². The van der Waals surface area contributed by atoms with Crippen molar-refractivity contribution < 1.29 is 9.84 Å². The smallest absolute Gasteiger partial charge is 0.247 e. The van der Waals surface area contributed by atoms with Crippen molar-refractivity contribution in [3.8, 4) is 22.9 Å².